The molecule has 2 nitrogen and oxygen atoms in total. The van der Waals surface area contributed by atoms with Crippen molar-refractivity contribution < 1.29 is 9.59 Å². The van der Waals surface area contributed by atoms with Crippen LogP contribution in [0.1, 0.15) is 47.5 Å². The molecule has 0 aliphatic heterocycles. The lowest BCUT2D eigenvalue weighted by molar-refractivity contribution is -0.113. The summed E-state index contributed by atoms with van der Waals surface area (Å²) in [6, 6.07) is 0. The van der Waals surface area contributed by atoms with Crippen LogP contribution in [0.25, 0.3) is 0 Å². The Labute approximate surface area is 145 Å². The molecule has 0 fully saturated rings. The van der Waals surface area contributed by atoms with Gasteiger partial charge < -0.3 is 0 Å². The molecule has 126 valence electrons. The highest BCUT2D eigenvalue weighted by Gasteiger charge is 2.21. The molecule has 0 aromatic heterocycles. The van der Waals surface area contributed by atoms with Gasteiger partial charge in [0, 0.05) is 16.7 Å². The van der Waals surface area contributed by atoms with Gasteiger partial charge in [-0.15, -0.1) is 0 Å². The third-order valence-electron chi connectivity index (χ3n) is 4.44. The van der Waals surface area contributed by atoms with Crippen LogP contribution < -0.4 is 0 Å². The molecule has 0 radical (unpaired) electrons. The normalized spacial score (nSPS) is 21.9. The monoisotopic (exact) mass is 322 g/mol. The Hall–Kier alpha value is -2.22. The fourth-order valence-corrected chi connectivity index (χ4v) is 2.96. The predicted molar refractivity (Wildman–Crippen MR) is 99.6 cm³/mol. The number of ketones is 2. The zero-order valence-corrected chi connectivity index (χ0v) is 15.3. The zero-order chi connectivity index (χ0) is 17.9. The largest absolute Gasteiger partial charge is 0.289 e. The Kier molecular flexibility index (Phi) is 5.71. The van der Waals surface area contributed by atoms with Crippen molar-refractivity contribution in [2.24, 2.45) is 5.92 Å². The van der Waals surface area contributed by atoms with E-state index in [0.29, 0.717) is 0 Å². The molecule has 2 aliphatic rings. The molecule has 0 spiro atoms. The summed E-state index contributed by atoms with van der Waals surface area (Å²) in [6.07, 6.45) is 13.4. The van der Waals surface area contributed by atoms with Crippen molar-refractivity contribution >= 4 is 11.6 Å². The number of carbonyl (C=O) groups excluding carboxylic acids is 2. The van der Waals surface area contributed by atoms with E-state index < -0.39 is 0 Å². The van der Waals surface area contributed by atoms with Crippen LogP contribution in [0, 0.1) is 5.92 Å². The summed E-state index contributed by atoms with van der Waals surface area (Å²) in [5, 5.41) is 0. The number of rotatable bonds is 4. The van der Waals surface area contributed by atoms with Crippen molar-refractivity contribution in [2.75, 3.05) is 0 Å². The highest BCUT2D eigenvalue weighted by atomic mass is 16.1. The quantitative estimate of drug-likeness (QED) is 0.712. The molecule has 24 heavy (non-hydrogen) atoms. The van der Waals surface area contributed by atoms with E-state index in [4.69, 9.17) is 0 Å². The molecule has 0 N–H and O–H groups in total. The molecule has 2 rings (SSSR count). The lowest BCUT2D eigenvalue weighted by Crippen LogP contribution is -2.14. The van der Waals surface area contributed by atoms with Crippen LogP contribution in [0.4, 0.5) is 0 Å². The lowest BCUT2D eigenvalue weighted by Gasteiger charge is -2.17. The zero-order valence-electron chi connectivity index (χ0n) is 15.3. The summed E-state index contributed by atoms with van der Waals surface area (Å²) >= 11 is 0. The Bertz CT molecular complexity index is 747. The number of allylic oxidation sites excluding steroid dienone is 12. The van der Waals surface area contributed by atoms with Crippen LogP contribution in [0.3, 0.4) is 0 Å². The van der Waals surface area contributed by atoms with Crippen molar-refractivity contribution in [3.63, 3.8) is 0 Å². The first-order valence-electron chi connectivity index (χ1n) is 8.69. The summed E-state index contributed by atoms with van der Waals surface area (Å²) in [5.41, 5.74) is 5.43. The summed E-state index contributed by atoms with van der Waals surface area (Å²) in [4.78, 5) is 24.4. The predicted octanol–water partition coefficient (Wildman–Crippen LogP) is 5.21. The number of Topliss-reactive ketones (excluding diaryl/α,β-unsaturated/α-hetero) is 2. The van der Waals surface area contributed by atoms with E-state index in [9.17, 15) is 9.59 Å². The van der Waals surface area contributed by atoms with Crippen molar-refractivity contribution in [3.05, 3.63) is 69.9 Å². The highest BCUT2D eigenvalue weighted by Crippen LogP contribution is 2.27. The molecule has 2 aliphatic carbocycles. The van der Waals surface area contributed by atoms with Gasteiger partial charge in [-0.1, -0.05) is 39.8 Å². The Morgan fingerprint density at radius 3 is 1.83 bits per heavy atom. The average molecular weight is 322 g/mol. The molecule has 0 unspecified atom stereocenters. The van der Waals surface area contributed by atoms with Gasteiger partial charge in [0.25, 0.3) is 0 Å². The van der Waals surface area contributed by atoms with Crippen LogP contribution in [0.2, 0.25) is 0 Å². The lowest BCUT2D eigenvalue weighted by atomic mass is 9.86. The van der Waals surface area contributed by atoms with Gasteiger partial charge in [-0.25, -0.2) is 0 Å². The van der Waals surface area contributed by atoms with Gasteiger partial charge in [-0.05, 0) is 66.7 Å². The molecule has 0 aromatic carbocycles. The fourth-order valence-electron chi connectivity index (χ4n) is 2.96. The van der Waals surface area contributed by atoms with Crippen LogP contribution in [0.5, 0.6) is 0 Å². The van der Waals surface area contributed by atoms with Gasteiger partial charge in [0.2, 0.25) is 0 Å². The molecule has 0 heterocycles. The standard InChI is InChI=1S/C22H26O2/c1-6-18-11-16(10-15(5)21(18)23)8-9-17-12-19(7-2)22(24)20(13-17)14(3)4/h8-14H,6-7H2,1-5H3/b16-8-,17-9+. The molecular weight excluding hydrogens is 296 g/mol. The molecule has 0 amide bonds. The summed E-state index contributed by atoms with van der Waals surface area (Å²) in [7, 11) is 0. The third kappa shape index (κ3) is 3.81. The van der Waals surface area contributed by atoms with E-state index in [-0.39, 0.29) is 17.5 Å². The van der Waals surface area contributed by atoms with E-state index in [1.807, 2.05) is 71.1 Å². The van der Waals surface area contributed by atoms with Gasteiger partial charge >= 0.3 is 0 Å². The fraction of sp³-hybridized carbons (Fsp3) is 0.364. The van der Waals surface area contributed by atoms with Crippen molar-refractivity contribution in [3.8, 4) is 0 Å². The second-order valence-electron chi connectivity index (χ2n) is 6.62. The van der Waals surface area contributed by atoms with E-state index in [1.165, 1.54) is 0 Å². The summed E-state index contributed by atoms with van der Waals surface area (Å²) in [6.45, 7) is 9.97. The van der Waals surface area contributed by atoms with Crippen LogP contribution >= 0.6 is 0 Å². The minimum absolute atomic E-state index is 0.140. The van der Waals surface area contributed by atoms with Gasteiger partial charge in [-0.3, -0.25) is 9.59 Å². The average Bonchev–Trinajstić information content (AvgIpc) is 2.56. The molecule has 0 atom stereocenters. The number of hydrogen-bond acceptors (Lipinski definition) is 2. The maximum Gasteiger partial charge on any atom is 0.185 e. The molecule has 0 aromatic rings. The van der Waals surface area contributed by atoms with Crippen LogP contribution in [-0.2, 0) is 9.59 Å². The first-order valence-corrected chi connectivity index (χ1v) is 8.69. The first kappa shape index (κ1) is 18.1. The topological polar surface area (TPSA) is 34.1 Å². The van der Waals surface area contributed by atoms with Crippen molar-refractivity contribution in [1.82, 2.24) is 0 Å². The Morgan fingerprint density at radius 2 is 1.33 bits per heavy atom. The van der Waals surface area contributed by atoms with Gasteiger partial charge in [0.15, 0.2) is 11.6 Å². The van der Waals surface area contributed by atoms with Gasteiger partial charge in [0.1, 0.15) is 0 Å². The number of carbonyl (C=O) groups is 2. The second kappa shape index (κ2) is 7.57. The van der Waals surface area contributed by atoms with E-state index in [2.05, 4.69) is 0 Å². The highest BCUT2D eigenvalue weighted by molar-refractivity contribution is 6.11. The Morgan fingerprint density at radius 1 is 0.833 bits per heavy atom. The van der Waals surface area contributed by atoms with Gasteiger partial charge in [-0.2, -0.15) is 0 Å². The minimum atomic E-state index is 0.140. The van der Waals surface area contributed by atoms with Crippen LogP contribution in [0.15, 0.2) is 69.9 Å². The Balaban J connectivity index is 2.40. The second-order valence-corrected chi connectivity index (χ2v) is 6.62. The van der Waals surface area contributed by atoms with Gasteiger partial charge in [0.05, 0.1) is 0 Å². The van der Waals surface area contributed by atoms with Crippen LogP contribution in [-0.4, -0.2) is 11.6 Å². The minimum Gasteiger partial charge on any atom is -0.289 e. The SMILES string of the molecule is CCC1=C/C(=C\C=C2/C=C(CC)C(=O)C(C(C)C)=C2)C=C(C)C1=O. The molecule has 0 saturated heterocycles. The van der Waals surface area contributed by atoms with Crippen molar-refractivity contribution in [2.45, 2.75) is 47.5 Å². The third-order valence-corrected chi connectivity index (χ3v) is 4.44. The smallest absolute Gasteiger partial charge is 0.185 e. The van der Waals surface area contributed by atoms with E-state index in [1.54, 1.807) is 0 Å². The van der Waals surface area contributed by atoms with E-state index in [0.717, 1.165) is 46.3 Å². The maximum absolute atomic E-state index is 12.4. The molecule has 0 saturated carbocycles. The molecule has 0 bridgehead atoms. The van der Waals surface area contributed by atoms with Crippen molar-refractivity contribution in [1.29, 1.82) is 0 Å². The number of hydrogen-bond donors (Lipinski definition) is 0. The maximum atomic E-state index is 12.4. The molecule has 2 heteroatoms. The first-order chi connectivity index (χ1) is 11.4. The molecular formula is C22H26O2. The summed E-state index contributed by atoms with van der Waals surface area (Å²) < 4.78 is 0. The van der Waals surface area contributed by atoms with E-state index >= 15 is 0 Å². The summed E-state index contributed by atoms with van der Waals surface area (Å²) in [5.74, 6) is 0.523.